The quantitative estimate of drug-likeness (QED) is 0.633. The molecular formula is C15H24O2S4. The first-order valence-electron chi connectivity index (χ1n) is 7.98. The second-order valence-electron chi connectivity index (χ2n) is 8.64. The molecule has 1 aliphatic heterocycles. The molecule has 4 saturated carbocycles. The molecule has 4 aliphatic carbocycles. The molecule has 2 nitrogen and oxygen atoms in total. The maximum absolute atomic E-state index is 12.3. The predicted octanol–water partition coefficient (Wildman–Crippen LogP) is 4.67. The average molecular weight is 365 g/mol. The van der Waals surface area contributed by atoms with E-state index < -0.39 is 17.7 Å². The fourth-order valence-electron chi connectivity index (χ4n) is 6.00. The summed E-state index contributed by atoms with van der Waals surface area (Å²) in [6, 6.07) is 0. The summed E-state index contributed by atoms with van der Waals surface area (Å²) >= 11 is 0. The third kappa shape index (κ3) is 2.11. The summed E-state index contributed by atoms with van der Waals surface area (Å²) in [5.74, 6) is 2.62. The zero-order valence-electron chi connectivity index (χ0n) is 12.9. The Balaban J connectivity index is 1.81. The highest BCUT2D eigenvalue weighted by Gasteiger charge is 2.68. The molecule has 0 spiro atoms. The van der Waals surface area contributed by atoms with E-state index in [-0.39, 0.29) is 14.9 Å². The van der Waals surface area contributed by atoms with Crippen molar-refractivity contribution in [1.82, 2.24) is 0 Å². The van der Waals surface area contributed by atoms with Crippen LogP contribution in [0.3, 0.4) is 0 Å². The highest BCUT2D eigenvalue weighted by Crippen LogP contribution is 2.76. The topological polar surface area (TPSA) is 34.1 Å². The van der Waals surface area contributed by atoms with Crippen LogP contribution in [0.15, 0.2) is 0 Å². The van der Waals surface area contributed by atoms with Crippen LogP contribution in [0.25, 0.3) is 0 Å². The van der Waals surface area contributed by atoms with Crippen LogP contribution in [0.1, 0.15) is 59.3 Å². The SMILES string of the molecule is CC(C)(C)C1(C23CC4CC(CC(C4)C2)C3)SS(=O)S(=O)S1. The van der Waals surface area contributed by atoms with Gasteiger partial charge in [-0.25, -0.2) is 8.42 Å². The average Bonchev–Trinajstić information content (AvgIpc) is 2.65. The Morgan fingerprint density at radius 2 is 1.24 bits per heavy atom. The van der Waals surface area contributed by atoms with E-state index in [0.717, 1.165) is 17.8 Å². The molecule has 5 fully saturated rings. The van der Waals surface area contributed by atoms with E-state index in [0.29, 0.717) is 0 Å². The van der Waals surface area contributed by atoms with Crippen molar-refractivity contribution in [2.45, 2.75) is 63.4 Å². The summed E-state index contributed by atoms with van der Waals surface area (Å²) in [6.07, 6.45) is 8.10. The lowest BCUT2D eigenvalue weighted by molar-refractivity contribution is -0.0745. The Morgan fingerprint density at radius 1 is 0.857 bits per heavy atom. The second kappa shape index (κ2) is 4.76. The molecule has 5 rings (SSSR count). The highest BCUT2D eigenvalue weighted by atomic mass is 33.7. The molecule has 4 bridgehead atoms. The van der Waals surface area contributed by atoms with Crippen molar-refractivity contribution in [3.8, 4) is 0 Å². The van der Waals surface area contributed by atoms with Crippen LogP contribution in [0.5, 0.6) is 0 Å². The van der Waals surface area contributed by atoms with Crippen LogP contribution in [0.4, 0.5) is 0 Å². The van der Waals surface area contributed by atoms with Gasteiger partial charge in [0.25, 0.3) is 0 Å². The molecule has 0 aromatic heterocycles. The first-order valence-corrected chi connectivity index (χ1v) is 13.5. The molecule has 120 valence electrons. The summed E-state index contributed by atoms with van der Waals surface area (Å²) in [7, 11) is 0.614. The van der Waals surface area contributed by atoms with Gasteiger partial charge in [-0.2, -0.15) is 0 Å². The van der Waals surface area contributed by atoms with Gasteiger partial charge in [-0.15, -0.1) is 0 Å². The fraction of sp³-hybridized carbons (Fsp3) is 1.00. The number of rotatable bonds is 1. The first kappa shape index (κ1) is 15.5. The lowest BCUT2D eigenvalue weighted by Gasteiger charge is -2.64. The highest BCUT2D eigenvalue weighted by molar-refractivity contribution is 9.20. The molecule has 5 aliphatic rings. The first-order chi connectivity index (χ1) is 9.75. The van der Waals surface area contributed by atoms with Crippen molar-refractivity contribution in [2.75, 3.05) is 0 Å². The second-order valence-corrected chi connectivity index (χ2v) is 17.2. The molecule has 21 heavy (non-hydrogen) atoms. The minimum atomic E-state index is -1.24. The molecule has 0 N–H and O–H groups in total. The summed E-state index contributed by atoms with van der Waals surface area (Å²) in [6.45, 7) is 6.81. The zero-order chi connectivity index (χ0) is 15.0. The van der Waals surface area contributed by atoms with Gasteiger partial charge in [-0.1, -0.05) is 20.8 Å². The molecular weight excluding hydrogens is 340 g/mol. The number of hydrogen-bond acceptors (Lipinski definition) is 4. The van der Waals surface area contributed by atoms with Gasteiger partial charge >= 0.3 is 0 Å². The monoisotopic (exact) mass is 364 g/mol. The van der Waals surface area contributed by atoms with E-state index in [1.54, 1.807) is 21.6 Å². The van der Waals surface area contributed by atoms with Gasteiger partial charge in [-0.05, 0) is 88.7 Å². The van der Waals surface area contributed by atoms with Gasteiger partial charge in [0.2, 0.25) is 0 Å². The van der Waals surface area contributed by atoms with E-state index in [4.69, 9.17) is 0 Å². The van der Waals surface area contributed by atoms with Gasteiger partial charge in [-0.3, -0.25) is 0 Å². The summed E-state index contributed by atoms with van der Waals surface area (Å²) in [5, 5.41) is 0. The van der Waals surface area contributed by atoms with Gasteiger partial charge in [0, 0.05) is 0 Å². The van der Waals surface area contributed by atoms with Gasteiger partial charge < -0.3 is 0 Å². The molecule has 0 aromatic rings. The lowest BCUT2D eigenvalue weighted by Crippen LogP contribution is -2.59. The predicted molar refractivity (Wildman–Crippen MR) is 94.3 cm³/mol. The molecule has 1 heterocycles. The Bertz CT molecular complexity index is 471. The van der Waals surface area contributed by atoms with Crippen molar-refractivity contribution in [3.05, 3.63) is 0 Å². The Labute approximate surface area is 139 Å². The molecule has 0 aromatic carbocycles. The maximum atomic E-state index is 12.3. The molecule has 2 atom stereocenters. The third-order valence-electron chi connectivity index (χ3n) is 6.21. The van der Waals surface area contributed by atoms with Crippen molar-refractivity contribution in [3.63, 3.8) is 0 Å². The minimum Gasteiger partial charge on any atom is -0.233 e. The Hall–Kier alpha value is 1.000. The molecule has 0 radical (unpaired) electrons. The van der Waals surface area contributed by atoms with Crippen LogP contribution in [-0.2, 0) is 17.7 Å². The van der Waals surface area contributed by atoms with Crippen LogP contribution in [0.2, 0.25) is 0 Å². The van der Waals surface area contributed by atoms with Crippen molar-refractivity contribution < 1.29 is 8.42 Å². The van der Waals surface area contributed by atoms with Crippen molar-refractivity contribution in [2.24, 2.45) is 28.6 Å². The van der Waals surface area contributed by atoms with Crippen LogP contribution < -0.4 is 0 Å². The van der Waals surface area contributed by atoms with Gasteiger partial charge in [0.1, 0.15) is 0 Å². The maximum Gasteiger partial charge on any atom is 0.183 e. The van der Waals surface area contributed by atoms with E-state index in [9.17, 15) is 8.42 Å². The van der Waals surface area contributed by atoms with Crippen LogP contribution in [-0.4, -0.2) is 12.5 Å². The zero-order valence-corrected chi connectivity index (χ0v) is 16.2. The van der Waals surface area contributed by atoms with E-state index >= 15 is 0 Å². The number of hydrogen-bond donors (Lipinski definition) is 0. The summed E-state index contributed by atoms with van der Waals surface area (Å²) in [5.41, 5.74) is 0.285. The van der Waals surface area contributed by atoms with Gasteiger partial charge in [0.15, 0.2) is 17.7 Å². The molecule has 6 heteroatoms. The molecule has 0 amide bonds. The third-order valence-corrected chi connectivity index (χ3v) is 17.6. The van der Waals surface area contributed by atoms with Crippen LogP contribution in [0, 0.1) is 28.6 Å². The Morgan fingerprint density at radius 3 is 1.57 bits per heavy atom. The van der Waals surface area contributed by atoms with Crippen molar-refractivity contribution in [1.29, 1.82) is 0 Å². The van der Waals surface area contributed by atoms with E-state index in [1.807, 2.05) is 0 Å². The summed E-state index contributed by atoms with van der Waals surface area (Å²) < 4.78 is 24.4. The van der Waals surface area contributed by atoms with Crippen LogP contribution >= 0.6 is 21.6 Å². The minimum absolute atomic E-state index is 0.0236. The largest absolute Gasteiger partial charge is 0.233 e. The molecule has 1 saturated heterocycles. The summed E-state index contributed by atoms with van der Waals surface area (Å²) in [4.78, 5) is 0. The van der Waals surface area contributed by atoms with Crippen molar-refractivity contribution >= 4 is 39.3 Å². The fourth-order valence-corrected chi connectivity index (χ4v) is 19.2. The van der Waals surface area contributed by atoms with E-state index in [1.165, 1.54) is 38.5 Å². The smallest absolute Gasteiger partial charge is 0.183 e. The van der Waals surface area contributed by atoms with E-state index in [2.05, 4.69) is 20.8 Å². The Kier molecular flexibility index (Phi) is 3.52. The molecule has 2 unspecified atom stereocenters. The van der Waals surface area contributed by atoms with Gasteiger partial charge in [0.05, 0.1) is 4.08 Å². The standard InChI is InChI=1S/C15H24O2S4/c1-13(2,3)15(18-20(16)21(17)19-15)14-7-10-4-11(8-14)6-12(5-10)9-14/h10-12H,4-9H2,1-3H3. The lowest BCUT2D eigenvalue weighted by atomic mass is 9.47. The normalized spacial score (nSPS) is 56.0.